The number of piperidine rings is 1. The van der Waals surface area contributed by atoms with Crippen molar-refractivity contribution in [2.24, 2.45) is 11.8 Å². The predicted octanol–water partition coefficient (Wildman–Crippen LogP) is 1.60. The van der Waals surface area contributed by atoms with Crippen LogP contribution in [0.1, 0.15) is 44.2 Å². The van der Waals surface area contributed by atoms with Gasteiger partial charge in [-0.15, -0.1) is 0 Å². The van der Waals surface area contributed by atoms with Crippen LogP contribution in [0.4, 0.5) is 0 Å². The Kier molecular flexibility index (Phi) is 3.48. The standard InChI is InChI=1S/C17H25N3O2/c21-16(13-4-7-20-12-18-10-15(20)9-13)19-8-6-17(22)5-2-1-3-14(17)11-19/h10,12-14,22H,1-9,11H2. The molecule has 1 saturated heterocycles. The Balaban J connectivity index is 1.43. The van der Waals surface area contributed by atoms with Gasteiger partial charge in [-0.25, -0.2) is 4.98 Å². The van der Waals surface area contributed by atoms with Crippen molar-refractivity contribution in [2.45, 2.75) is 57.1 Å². The van der Waals surface area contributed by atoms with Gasteiger partial charge in [0.2, 0.25) is 5.91 Å². The summed E-state index contributed by atoms with van der Waals surface area (Å²) in [6.45, 7) is 2.37. The van der Waals surface area contributed by atoms with Crippen LogP contribution in [-0.2, 0) is 17.8 Å². The maximum absolute atomic E-state index is 12.9. The normalized spacial score (nSPS) is 34.9. The van der Waals surface area contributed by atoms with E-state index in [-0.39, 0.29) is 11.8 Å². The second kappa shape index (κ2) is 5.37. The van der Waals surface area contributed by atoms with Crippen molar-refractivity contribution in [1.29, 1.82) is 0 Å². The Morgan fingerprint density at radius 2 is 2.18 bits per heavy atom. The molecule has 3 unspecified atom stereocenters. The molecule has 1 aromatic heterocycles. The van der Waals surface area contributed by atoms with Crippen LogP contribution in [0, 0.1) is 11.8 Å². The number of hydrogen-bond acceptors (Lipinski definition) is 3. The average molecular weight is 303 g/mol. The number of hydrogen-bond donors (Lipinski definition) is 1. The monoisotopic (exact) mass is 303 g/mol. The first kappa shape index (κ1) is 14.2. The zero-order valence-electron chi connectivity index (χ0n) is 13.1. The molecule has 3 aliphatic rings. The molecule has 1 aromatic rings. The van der Waals surface area contributed by atoms with Gasteiger partial charge in [0, 0.05) is 49.8 Å². The molecule has 1 aliphatic carbocycles. The maximum atomic E-state index is 12.9. The topological polar surface area (TPSA) is 58.4 Å². The molecule has 0 bridgehead atoms. The van der Waals surface area contributed by atoms with Crippen LogP contribution in [-0.4, -0.2) is 44.2 Å². The number of carbonyl (C=O) groups excluding carboxylic acids is 1. The van der Waals surface area contributed by atoms with Gasteiger partial charge in [0.05, 0.1) is 11.9 Å². The third-order valence-corrected chi connectivity index (χ3v) is 6.06. The molecule has 3 heterocycles. The number of amides is 1. The molecule has 22 heavy (non-hydrogen) atoms. The van der Waals surface area contributed by atoms with Crippen LogP contribution in [0.15, 0.2) is 12.5 Å². The summed E-state index contributed by atoms with van der Waals surface area (Å²) in [5, 5.41) is 10.8. The Morgan fingerprint density at radius 1 is 1.27 bits per heavy atom. The second-order valence-corrected chi connectivity index (χ2v) is 7.35. The van der Waals surface area contributed by atoms with Gasteiger partial charge in [0.25, 0.3) is 0 Å². The minimum atomic E-state index is -0.500. The van der Waals surface area contributed by atoms with E-state index in [9.17, 15) is 9.90 Å². The molecule has 120 valence electrons. The largest absolute Gasteiger partial charge is 0.389 e. The van der Waals surface area contributed by atoms with Crippen LogP contribution in [0.2, 0.25) is 0 Å². The maximum Gasteiger partial charge on any atom is 0.226 e. The lowest BCUT2D eigenvalue weighted by atomic mass is 9.71. The van der Waals surface area contributed by atoms with Gasteiger partial charge >= 0.3 is 0 Å². The molecule has 0 aromatic carbocycles. The highest BCUT2D eigenvalue weighted by Gasteiger charge is 2.44. The van der Waals surface area contributed by atoms with E-state index in [4.69, 9.17) is 0 Å². The Labute approximate surface area is 131 Å². The van der Waals surface area contributed by atoms with E-state index in [1.165, 1.54) is 12.1 Å². The third-order valence-electron chi connectivity index (χ3n) is 6.06. The van der Waals surface area contributed by atoms with Crippen LogP contribution < -0.4 is 0 Å². The number of nitrogens with zero attached hydrogens (tertiary/aromatic N) is 3. The molecule has 2 fully saturated rings. The van der Waals surface area contributed by atoms with E-state index in [1.54, 1.807) is 0 Å². The SMILES string of the molecule is O=C(C1CCn2cncc2C1)N1CCC2(O)CCCCC2C1. The summed E-state index contributed by atoms with van der Waals surface area (Å²) in [5.74, 6) is 0.673. The molecular formula is C17H25N3O2. The summed E-state index contributed by atoms with van der Waals surface area (Å²) in [6.07, 6.45) is 10.5. The second-order valence-electron chi connectivity index (χ2n) is 7.35. The number of aryl methyl sites for hydroxylation is 1. The molecule has 4 rings (SSSR count). The molecule has 0 spiro atoms. The molecule has 1 amide bonds. The summed E-state index contributed by atoms with van der Waals surface area (Å²) in [4.78, 5) is 19.1. The summed E-state index contributed by atoms with van der Waals surface area (Å²) in [6, 6.07) is 0. The lowest BCUT2D eigenvalue weighted by molar-refractivity contribution is -0.148. The fourth-order valence-electron chi connectivity index (χ4n) is 4.61. The van der Waals surface area contributed by atoms with Crippen molar-refractivity contribution in [1.82, 2.24) is 14.5 Å². The zero-order valence-corrected chi connectivity index (χ0v) is 13.1. The molecule has 5 nitrogen and oxygen atoms in total. The van der Waals surface area contributed by atoms with Gasteiger partial charge in [-0.1, -0.05) is 12.8 Å². The average Bonchev–Trinajstić information content (AvgIpc) is 3.00. The van der Waals surface area contributed by atoms with Gasteiger partial charge in [-0.2, -0.15) is 0 Å². The fraction of sp³-hybridized carbons (Fsp3) is 0.765. The van der Waals surface area contributed by atoms with Crippen molar-refractivity contribution in [3.63, 3.8) is 0 Å². The zero-order chi connectivity index (χ0) is 15.2. The first-order chi connectivity index (χ1) is 10.7. The number of carbonyl (C=O) groups is 1. The highest BCUT2D eigenvalue weighted by Crippen LogP contribution is 2.40. The fourth-order valence-corrected chi connectivity index (χ4v) is 4.61. The van der Waals surface area contributed by atoms with E-state index in [1.807, 2.05) is 17.4 Å². The van der Waals surface area contributed by atoms with E-state index in [0.29, 0.717) is 5.91 Å². The minimum Gasteiger partial charge on any atom is -0.389 e. The molecule has 1 N–H and O–H groups in total. The van der Waals surface area contributed by atoms with Gasteiger partial charge in [-0.05, 0) is 25.7 Å². The Hall–Kier alpha value is -1.36. The highest BCUT2D eigenvalue weighted by molar-refractivity contribution is 5.79. The Morgan fingerprint density at radius 3 is 3.09 bits per heavy atom. The number of fused-ring (bicyclic) bond motifs is 2. The smallest absolute Gasteiger partial charge is 0.226 e. The first-order valence-corrected chi connectivity index (χ1v) is 8.66. The number of imidazole rings is 1. The summed E-state index contributed by atoms with van der Waals surface area (Å²) < 4.78 is 2.15. The van der Waals surface area contributed by atoms with Crippen molar-refractivity contribution < 1.29 is 9.90 Å². The summed E-state index contributed by atoms with van der Waals surface area (Å²) >= 11 is 0. The number of aliphatic hydroxyl groups is 1. The number of likely N-dealkylation sites (tertiary alicyclic amines) is 1. The number of rotatable bonds is 1. The first-order valence-electron chi connectivity index (χ1n) is 8.66. The lowest BCUT2D eigenvalue weighted by Crippen LogP contribution is -2.55. The van der Waals surface area contributed by atoms with Crippen LogP contribution in [0.3, 0.4) is 0 Å². The Bertz CT molecular complexity index is 570. The molecule has 1 saturated carbocycles. The number of aromatic nitrogens is 2. The highest BCUT2D eigenvalue weighted by atomic mass is 16.3. The van der Waals surface area contributed by atoms with E-state index in [0.717, 1.165) is 58.2 Å². The summed E-state index contributed by atoms with van der Waals surface area (Å²) in [5.41, 5.74) is 0.677. The summed E-state index contributed by atoms with van der Waals surface area (Å²) in [7, 11) is 0. The molecule has 3 atom stereocenters. The van der Waals surface area contributed by atoms with Crippen molar-refractivity contribution in [2.75, 3.05) is 13.1 Å². The quantitative estimate of drug-likeness (QED) is 0.857. The van der Waals surface area contributed by atoms with Crippen LogP contribution >= 0.6 is 0 Å². The van der Waals surface area contributed by atoms with E-state index < -0.39 is 5.60 Å². The minimum absolute atomic E-state index is 0.0963. The van der Waals surface area contributed by atoms with Gasteiger partial charge in [0.1, 0.15) is 0 Å². The molecule has 5 heteroatoms. The third kappa shape index (κ3) is 2.35. The van der Waals surface area contributed by atoms with E-state index >= 15 is 0 Å². The molecule has 0 radical (unpaired) electrons. The lowest BCUT2D eigenvalue weighted by Gasteiger charge is -2.48. The predicted molar refractivity (Wildman–Crippen MR) is 82.1 cm³/mol. The van der Waals surface area contributed by atoms with Gasteiger partial charge < -0.3 is 14.6 Å². The van der Waals surface area contributed by atoms with Gasteiger partial charge in [-0.3, -0.25) is 4.79 Å². The van der Waals surface area contributed by atoms with Crippen molar-refractivity contribution in [3.8, 4) is 0 Å². The van der Waals surface area contributed by atoms with Gasteiger partial charge in [0.15, 0.2) is 0 Å². The van der Waals surface area contributed by atoms with E-state index in [2.05, 4.69) is 9.55 Å². The molecule has 2 aliphatic heterocycles. The van der Waals surface area contributed by atoms with Crippen LogP contribution in [0.25, 0.3) is 0 Å². The van der Waals surface area contributed by atoms with Crippen LogP contribution in [0.5, 0.6) is 0 Å². The molecular weight excluding hydrogens is 278 g/mol. The van der Waals surface area contributed by atoms with Crippen molar-refractivity contribution >= 4 is 5.91 Å². The van der Waals surface area contributed by atoms with Crippen molar-refractivity contribution in [3.05, 3.63) is 18.2 Å².